The van der Waals surface area contributed by atoms with Gasteiger partial charge in [0, 0.05) is 0 Å². The predicted molar refractivity (Wildman–Crippen MR) is 73.2 cm³/mol. The number of rotatable bonds is 3. The molecule has 3 nitrogen and oxygen atoms in total. The molecule has 0 radical (unpaired) electrons. The number of hydrogen-bond acceptors (Lipinski definition) is 2. The highest BCUT2D eigenvalue weighted by atomic mass is 19.1. The van der Waals surface area contributed by atoms with Crippen molar-refractivity contribution < 1.29 is 9.18 Å². The fraction of sp³-hybridized carbons (Fsp3) is 0.533. The second-order valence-electron chi connectivity index (χ2n) is 5.46. The van der Waals surface area contributed by atoms with Crippen LogP contribution in [0, 0.1) is 5.82 Å². The Hall–Kier alpha value is -1.42. The standard InChI is InChI=1S/C15H21FN2O/c1-11(12-5-7-13(16)8-6-12)18-14(19)15(2)9-3-4-10-17-15/h5-8,11,17H,3-4,9-10H2,1-2H3,(H,18,19)/t11-,15?/m0/s1. The van der Waals surface area contributed by atoms with Gasteiger partial charge < -0.3 is 10.6 Å². The lowest BCUT2D eigenvalue weighted by Crippen LogP contribution is -2.57. The summed E-state index contributed by atoms with van der Waals surface area (Å²) in [5, 5.41) is 6.29. The maximum atomic E-state index is 12.9. The molecule has 1 saturated heterocycles. The Morgan fingerprint density at radius 1 is 1.37 bits per heavy atom. The molecule has 1 unspecified atom stereocenters. The number of carbonyl (C=O) groups is 1. The van der Waals surface area contributed by atoms with Gasteiger partial charge in [0.15, 0.2) is 0 Å². The largest absolute Gasteiger partial charge is 0.348 e. The van der Waals surface area contributed by atoms with E-state index in [1.54, 1.807) is 12.1 Å². The van der Waals surface area contributed by atoms with Gasteiger partial charge in [-0.3, -0.25) is 4.79 Å². The van der Waals surface area contributed by atoms with Gasteiger partial charge in [0.2, 0.25) is 5.91 Å². The van der Waals surface area contributed by atoms with Gasteiger partial charge >= 0.3 is 0 Å². The monoisotopic (exact) mass is 264 g/mol. The number of nitrogens with one attached hydrogen (secondary N) is 2. The highest BCUT2D eigenvalue weighted by Gasteiger charge is 2.34. The van der Waals surface area contributed by atoms with Crippen LogP contribution in [0.5, 0.6) is 0 Å². The summed E-state index contributed by atoms with van der Waals surface area (Å²) in [6.45, 7) is 4.74. The molecule has 1 aliphatic heterocycles. The van der Waals surface area contributed by atoms with Crippen molar-refractivity contribution in [1.82, 2.24) is 10.6 Å². The van der Waals surface area contributed by atoms with E-state index in [4.69, 9.17) is 0 Å². The first kappa shape index (κ1) is 14.0. The first-order chi connectivity index (χ1) is 9.01. The fourth-order valence-corrected chi connectivity index (χ4v) is 2.44. The number of carbonyl (C=O) groups excluding carboxylic acids is 1. The van der Waals surface area contributed by atoms with E-state index in [0.717, 1.165) is 31.4 Å². The SMILES string of the molecule is C[C@H](NC(=O)C1(C)CCCCN1)c1ccc(F)cc1. The van der Waals surface area contributed by atoms with Crippen molar-refractivity contribution in [2.24, 2.45) is 0 Å². The molecule has 19 heavy (non-hydrogen) atoms. The number of benzene rings is 1. The Balaban J connectivity index is 2.00. The Bertz CT molecular complexity index is 438. The van der Waals surface area contributed by atoms with Gasteiger partial charge in [-0.25, -0.2) is 4.39 Å². The van der Waals surface area contributed by atoms with Crippen molar-refractivity contribution in [3.63, 3.8) is 0 Å². The Morgan fingerprint density at radius 2 is 2.05 bits per heavy atom. The van der Waals surface area contributed by atoms with Crippen LogP contribution in [0.2, 0.25) is 0 Å². The first-order valence-corrected chi connectivity index (χ1v) is 6.83. The highest BCUT2D eigenvalue weighted by molar-refractivity contribution is 5.86. The molecule has 104 valence electrons. The van der Waals surface area contributed by atoms with Crippen molar-refractivity contribution in [2.45, 2.75) is 44.7 Å². The molecular weight excluding hydrogens is 243 g/mol. The smallest absolute Gasteiger partial charge is 0.240 e. The number of piperidine rings is 1. The Kier molecular flexibility index (Phi) is 4.20. The average molecular weight is 264 g/mol. The van der Waals surface area contributed by atoms with Gasteiger partial charge in [-0.05, 0) is 57.4 Å². The lowest BCUT2D eigenvalue weighted by molar-refractivity contribution is -0.128. The molecule has 1 aromatic carbocycles. The van der Waals surface area contributed by atoms with Gasteiger partial charge in [-0.1, -0.05) is 12.1 Å². The van der Waals surface area contributed by atoms with E-state index in [0.29, 0.717) is 0 Å². The molecule has 1 aromatic rings. The molecular formula is C15H21FN2O. The third-order valence-electron chi connectivity index (χ3n) is 3.84. The maximum absolute atomic E-state index is 12.9. The zero-order valence-corrected chi connectivity index (χ0v) is 11.5. The van der Waals surface area contributed by atoms with Crippen LogP contribution in [0.1, 0.15) is 44.7 Å². The summed E-state index contributed by atoms with van der Waals surface area (Å²) < 4.78 is 12.9. The predicted octanol–water partition coefficient (Wildman–Crippen LogP) is 2.54. The van der Waals surface area contributed by atoms with Crippen LogP contribution in [0.3, 0.4) is 0 Å². The van der Waals surface area contributed by atoms with Crippen LogP contribution in [-0.4, -0.2) is 18.0 Å². The average Bonchev–Trinajstić information content (AvgIpc) is 2.40. The second-order valence-corrected chi connectivity index (χ2v) is 5.46. The highest BCUT2D eigenvalue weighted by Crippen LogP contribution is 2.21. The molecule has 0 spiro atoms. The van der Waals surface area contributed by atoms with Crippen LogP contribution < -0.4 is 10.6 Å². The summed E-state index contributed by atoms with van der Waals surface area (Å²) in [5.41, 5.74) is 0.432. The molecule has 0 aliphatic carbocycles. The summed E-state index contributed by atoms with van der Waals surface area (Å²) in [6.07, 6.45) is 3.05. The first-order valence-electron chi connectivity index (χ1n) is 6.83. The van der Waals surface area contributed by atoms with Crippen LogP contribution in [0.15, 0.2) is 24.3 Å². The Labute approximate surface area is 113 Å². The number of halogens is 1. The van der Waals surface area contributed by atoms with Gasteiger partial charge in [-0.2, -0.15) is 0 Å². The van der Waals surface area contributed by atoms with Gasteiger partial charge in [0.1, 0.15) is 5.82 Å². The van der Waals surface area contributed by atoms with Crippen molar-refractivity contribution in [3.05, 3.63) is 35.6 Å². The number of amides is 1. The molecule has 1 fully saturated rings. The van der Waals surface area contributed by atoms with Gasteiger partial charge in [-0.15, -0.1) is 0 Å². The zero-order valence-electron chi connectivity index (χ0n) is 11.5. The quantitative estimate of drug-likeness (QED) is 0.881. The minimum atomic E-state index is -0.480. The zero-order chi connectivity index (χ0) is 13.9. The normalized spacial score (nSPS) is 24.8. The molecule has 0 saturated carbocycles. The lowest BCUT2D eigenvalue weighted by Gasteiger charge is -2.34. The molecule has 2 rings (SSSR count). The van der Waals surface area contributed by atoms with Crippen LogP contribution in [-0.2, 0) is 4.79 Å². The Morgan fingerprint density at radius 3 is 2.63 bits per heavy atom. The maximum Gasteiger partial charge on any atom is 0.240 e. The van der Waals surface area contributed by atoms with E-state index in [2.05, 4.69) is 10.6 Å². The molecule has 4 heteroatoms. The topological polar surface area (TPSA) is 41.1 Å². The summed E-state index contributed by atoms with van der Waals surface area (Å²) in [5.74, 6) is -0.243. The van der Waals surface area contributed by atoms with E-state index in [9.17, 15) is 9.18 Å². The van der Waals surface area contributed by atoms with Crippen LogP contribution in [0.4, 0.5) is 4.39 Å². The van der Waals surface area contributed by atoms with E-state index in [1.165, 1.54) is 12.1 Å². The molecule has 2 N–H and O–H groups in total. The minimum Gasteiger partial charge on any atom is -0.348 e. The van der Waals surface area contributed by atoms with E-state index in [1.807, 2.05) is 13.8 Å². The van der Waals surface area contributed by atoms with Crippen molar-refractivity contribution in [2.75, 3.05) is 6.54 Å². The molecule has 0 aromatic heterocycles. The molecule has 0 bridgehead atoms. The van der Waals surface area contributed by atoms with E-state index < -0.39 is 5.54 Å². The van der Waals surface area contributed by atoms with Crippen molar-refractivity contribution in [1.29, 1.82) is 0 Å². The summed E-state index contributed by atoms with van der Waals surface area (Å²) in [6, 6.07) is 6.12. The number of hydrogen-bond donors (Lipinski definition) is 2. The minimum absolute atomic E-state index is 0.0176. The summed E-state index contributed by atoms with van der Waals surface area (Å²) >= 11 is 0. The fourth-order valence-electron chi connectivity index (χ4n) is 2.44. The van der Waals surface area contributed by atoms with Crippen molar-refractivity contribution in [3.8, 4) is 0 Å². The molecule has 2 atom stereocenters. The van der Waals surface area contributed by atoms with Crippen molar-refractivity contribution >= 4 is 5.91 Å². The molecule has 1 aliphatic rings. The molecule has 1 amide bonds. The summed E-state index contributed by atoms with van der Waals surface area (Å²) in [7, 11) is 0. The van der Waals surface area contributed by atoms with E-state index in [-0.39, 0.29) is 17.8 Å². The third-order valence-corrected chi connectivity index (χ3v) is 3.84. The van der Waals surface area contributed by atoms with Gasteiger partial charge in [0.05, 0.1) is 11.6 Å². The van der Waals surface area contributed by atoms with E-state index >= 15 is 0 Å². The molecule has 1 heterocycles. The second kappa shape index (κ2) is 5.70. The summed E-state index contributed by atoms with van der Waals surface area (Å²) in [4.78, 5) is 12.3. The third kappa shape index (κ3) is 3.32. The lowest BCUT2D eigenvalue weighted by atomic mass is 9.89. The van der Waals surface area contributed by atoms with Gasteiger partial charge in [0.25, 0.3) is 0 Å². The van der Waals surface area contributed by atoms with Crippen LogP contribution in [0.25, 0.3) is 0 Å². The van der Waals surface area contributed by atoms with Crippen LogP contribution >= 0.6 is 0 Å².